The molecule has 0 aliphatic rings. The highest BCUT2D eigenvalue weighted by Gasteiger charge is 2.16. The number of carbonyl (C=O) groups excluding carboxylic acids is 2. The number of esters is 1. The molecular weight excluding hydrogens is 258 g/mol. The maximum Gasteiger partial charge on any atom is 0.339 e. The molecule has 0 atom stereocenters. The number of ether oxygens (including phenoxy) is 2. The molecule has 1 amide bonds. The Bertz CT molecular complexity index is 473. The van der Waals surface area contributed by atoms with Crippen LogP contribution in [0.3, 0.4) is 0 Å². The minimum absolute atomic E-state index is 0.105. The van der Waals surface area contributed by atoms with Gasteiger partial charge in [0.2, 0.25) is 5.91 Å². The number of rotatable bonds is 4. The van der Waals surface area contributed by atoms with Gasteiger partial charge < -0.3 is 14.8 Å². The van der Waals surface area contributed by atoms with E-state index in [1.165, 1.54) is 20.3 Å². The van der Waals surface area contributed by atoms with Crippen LogP contribution in [0.5, 0.6) is 0 Å². The molecule has 18 heavy (non-hydrogen) atoms. The molecule has 0 aromatic heterocycles. The van der Waals surface area contributed by atoms with Crippen molar-refractivity contribution in [3.63, 3.8) is 0 Å². The first kappa shape index (κ1) is 14.5. The van der Waals surface area contributed by atoms with Gasteiger partial charge in [0.15, 0.2) is 0 Å². The highest BCUT2D eigenvalue weighted by molar-refractivity contribution is 6.32. The summed E-state index contributed by atoms with van der Waals surface area (Å²) < 4.78 is 9.34. The lowest BCUT2D eigenvalue weighted by Gasteiger charge is -2.11. The molecule has 1 aromatic carbocycles. The Morgan fingerprint density at radius 3 is 2.56 bits per heavy atom. The topological polar surface area (TPSA) is 64.6 Å². The van der Waals surface area contributed by atoms with Gasteiger partial charge in [-0.05, 0) is 24.6 Å². The molecule has 6 heteroatoms. The molecule has 1 rings (SSSR count). The van der Waals surface area contributed by atoms with Gasteiger partial charge in [-0.2, -0.15) is 0 Å². The quantitative estimate of drug-likeness (QED) is 0.851. The van der Waals surface area contributed by atoms with Gasteiger partial charge in [-0.25, -0.2) is 4.79 Å². The second-order valence-electron chi connectivity index (χ2n) is 3.62. The smallest absolute Gasteiger partial charge is 0.339 e. The summed E-state index contributed by atoms with van der Waals surface area (Å²) in [4.78, 5) is 23.0. The van der Waals surface area contributed by atoms with E-state index in [0.717, 1.165) is 5.56 Å². The monoisotopic (exact) mass is 271 g/mol. The Morgan fingerprint density at radius 2 is 2.00 bits per heavy atom. The Hall–Kier alpha value is -1.59. The molecule has 0 saturated heterocycles. The molecule has 0 aliphatic carbocycles. The molecule has 0 unspecified atom stereocenters. The third kappa shape index (κ3) is 3.45. The molecule has 98 valence electrons. The lowest BCUT2D eigenvalue weighted by atomic mass is 10.1. The Kier molecular flexibility index (Phi) is 5.12. The van der Waals surface area contributed by atoms with Crippen molar-refractivity contribution < 1.29 is 19.1 Å². The molecular formula is C12H14ClNO4. The fourth-order valence-electron chi connectivity index (χ4n) is 1.38. The lowest BCUT2D eigenvalue weighted by molar-refractivity contribution is -0.119. The standard InChI is InChI=1S/C12H14ClNO4/c1-7-4-8(12(16)18-3)10(5-9(7)13)14-11(15)6-17-2/h4-5H,6H2,1-3H3,(H,14,15). The lowest BCUT2D eigenvalue weighted by Crippen LogP contribution is -2.19. The van der Waals surface area contributed by atoms with E-state index in [1.807, 2.05) is 0 Å². The second kappa shape index (κ2) is 6.37. The second-order valence-corrected chi connectivity index (χ2v) is 4.03. The van der Waals surface area contributed by atoms with E-state index in [9.17, 15) is 9.59 Å². The van der Waals surface area contributed by atoms with E-state index < -0.39 is 5.97 Å². The maximum absolute atomic E-state index is 11.6. The highest BCUT2D eigenvalue weighted by atomic mass is 35.5. The van der Waals surface area contributed by atoms with Gasteiger partial charge in [0.05, 0.1) is 18.4 Å². The largest absolute Gasteiger partial charge is 0.465 e. The Morgan fingerprint density at radius 1 is 1.33 bits per heavy atom. The van der Waals surface area contributed by atoms with E-state index in [0.29, 0.717) is 10.7 Å². The summed E-state index contributed by atoms with van der Waals surface area (Å²) in [6, 6.07) is 3.08. The van der Waals surface area contributed by atoms with Gasteiger partial charge in [0, 0.05) is 12.1 Å². The molecule has 1 N–H and O–H groups in total. The number of nitrogens with one attached hydrogen (secondary N) is 1. The van der Waals surface area contributed by atoms with Crippen LogP contribution in [0.25, 0.3) is 0 Å². The van der Waals surface area contributed by atoms with Crippen LogP contribution in [0, 0.1) is 6.92 Å². The number of hydrogen-bond donors (Lipinski definition) is 1. The zero-order valence-electron chi connectivity index (χ0n) is 10.4. The first-order valence-corrected chi connectivity index (χ1v) is 5.54. The van der Waals surface area contributed by atoms with Gasteiger partial charge in [-0.15, -0.1) is 0 Å². The van der Waals surface area contributed by atoms with E-state index >= 15 is 0 Å². The predicted molar refractivity (Wildman–Crippen MR) is 68.0 cm³/mol. The zero-order chi connectivity index (χ0) is 13.7. The van der Waals surface area contributed by atoms with Crippen LogP contribution in [0.1, 0.15) is 15.9 Å². The van der Waals surface area contributed by atoms with Gasteiger partial charge in [-0.3, -0.25) is 4.79 Å². The summed E-state index contributed by atoms with van der Waals surface area (Å²) in [5, 5.41) is 3.00. The number of methoxy groups -OCH3 is 2. The molecule has 0 saturated carbocycles. The SMILES string of the molecule is COCC(=O)Nc1cc(Cl)c(C)cc1C(=O)OC. The van der Waals surface area contributed by atoms with Gasteiger partial charge in [0.25, 0.3) is 0 Å². The van der Waals surface area contributed by atoms with Gasteiger partial charge >= 0.3 is 5.97 Å². The van der Waals surface area contributed by atoms with Crippen LogP contribution in [0.15, 0.2) is 12.1 Å². The maximum atomic E-state index is 11.6. The summed E-state index contributed by atoms with van der Waals surface area (Å²) in [5.41, 5.74) is 1.28. The first-order valence-electron chi connectivity index (χ1n) is 5.16. The van der Waals surface area contributed by atoms with Crippen LogP contribution in [0.4, 0.5) is 5.69 Å². The molecule has 5 nitrogen and oxygen atoms in total. The van der Waals surface area contributed by atoms with Crippen LogP contribution in [0.2, 0.25) is 5.02 Å². The molecule has 0 spiro atoms. The van der Waals surface area contributed by atoms with E-state index in [4.69, 9.17) is 16.3 Å². The van der Waals surface area contributed by atoms with E-state index in [1.54, 1.807) is 13.0 Å². The normalized spacial score (nSPS) is 10.0. The summed E-state index contributed by atoms with van der Waals surface area (Å²) in [5.74, 6) is -0.912. The van der Waals surface area contributed by atoms with Crippen molar-refractivity contribution >= 4 is 29.2 Å². The minimum Gasteiger partial charge on any atom is -0.465 e. The minimum atomic E-state index is -0.539. The summed E-state index contributed by atoms with van der Waals surface area (Å²) in [6.07, 6.45) is 0. The zero-order valence-corrected chi connectivity index (χ0v) is 11.1. The van der Waals surface area contributed by atoms with E-state index in [-0.39, 0.29) is 18.1 Å². The summed E-state index contributed by atoms with van der Waals surface area (Å²) in [6.45, 7) is 1.65. The number of hydrogen-bond acceptors (Lipinski definition) is 4. The van der Waals surface area contributed by atoms with Crippen molar-refractivity contribution in [2.75, 3.05) is 26.1 Å². The average molecular weight is 272 g/mol. The summed E-state index contributed by atoms with van der Waals surface area (Å²) >= 11 is 5.96. The molecule has 0 bridgehead atoms. The number of aryl methyl sites for hydroxylation is 1. The third-order valence-electron chi connectivity index (χ3n) is 2.25. The van der Waals surface area contributed by atoms with Crippen molar-refractivity contribution in [1.29, 1.82) is 0 Å². The Balaban J connectivity index is 3.11. The van der Waals surface area contributed by atoms with Gasteiger partial charge in [0.1, 0.15) is 6.61 Å². The van der Waals surface area contributed by atoms with Crippen LogP contribution in [-0.2, 0) is 14.3 Å². The van der Waals surface area contributed by atoms with E-state index in [2.05, 4.69) is 10.1 Å². The molecule has 0 radical (unpaired) electrons. The highest BCUT2D eigenvalue weighted by Crippen LogP contribution is 2.25. The van der Waals surface area contributed by atoms with Crippen LogP contribution >= 0.6 is 11.6 Å². The molecule has 0 fully saturated rings. The fraction of sp³-hybridized carbons (Fsp3) is 0.333. The van der Waals surface area contributed by atoms with Crippen molar-refractivity contribution in [1.82, 2.24) is 0 Å². The van der Waals surface area contributed by atoms with Gasteiger partial charge in [-0.1, -0.05) is 11.6 Å². The van der Waals surface area contributed by atoms with Crippen LogP contribution in [-0.4, -0.2) is 32.7 Å². The summed E-state index contributed by atoms with van der Waals surface area (Å²) in [7, 11) is 2.68. The van der Waals surface area contributed by atoms with Crippen molar-refractivity contribution in [3.05, 3.63) is 28.3 Å². The molecule has 0 heterocycles. The predicted octanol–water partition coefficient (Wildman–Crippen LogP) is 2.02. The number of amides is 1. The first-order chi connectivity index (χ1) is 8.49. The number of benzene rings is 1. The average Bonchev–Trinajstić information content (AvgIpc) is 2.32. The Labute approximate surface area is 110 Å². The van der Waals surface area contributed by atoms with Crippen LogP contribution < -0.4 is 5.32 Å². The van der Waals surface area contributed by atoms with Crippen molar-refractivity contribution in [3.8, 4) is 0 Å². The van der Waals surface area contributed by atoms with Crippen molar-refractivity contribution in [2.24, 2.45) is 0 Å². The number of halogens is 1. The molecule has 1 aromatic rings. The number of carbonyl (C=O) groups is 2. The number of anilines is 1. The molecule has 0 aliphatic heterocycles. The third-order valence-corrected chi connectivity index (χ3v) is 2.66. The van der Waals surface area contributed by atoms with Crippen molar-refractivity contribution in [2.45, 2.75) is 6.92 Å². The fourth-order valence-corrected chi connectivity index (χ4v) is 1.54.